The molecule has 2 atom stereocenters. The number of nitro groups is 1. The van der Waals surface area contributed by atoms with E-state index in [1.165, 1.54) is 12.1 Å². The topological polar surface area (TPSA) is 75.4 Å². The number of hydrogen-bond donors (Lipinski definition) is 2. The van der Waals surface area contributed by atoms with Crippen LogP contribution in [-0.2, 0) is 0 Å². The molecule has 2 N–H and O–H groups in total. The highest BCUT2D eigenvalue weighted by Gasteiger charge is 2.18. The molecule has 2 unspecified atom stereocenters. The van der Waals surface area contributed by atoms with Crippen molar-refractivity contribution in [2.24, 2.45) is 0 Å². The van der Waals surface area contributed by atoms with Crippen molar-refractivity contribution in [3.05, 3.63) is 105 Å². The second-order valence-corrected chi connectivity index (χ2v) is 6.65. The number of halogens is 1. The summed E-state index contributed by atoms with van der Waals surface area (Å²) >= 11 is 5.92. The number of benzene rings is 3. The predicted molar refractivity (Wildman–Crippen MR) is 107 cm³/mol. The van der Waals surface area contributed by atoms with Crippen LogP contribution in [0.25, 0.3) is 0 Å². The van der Waals surface area contributed by atoms with Crippen molar-refractivity contribution in [3.8, 4) is 0 Å². The SMILES string of the molecule is O=[N+]([O-])c1ccc(NC(CC(O)c2ccc(Cl)cc2)c2ccccc2)cc1. The molecule has 0 amide bonds. The Morgan fingerprint density at radius 1 is 0.926 bits per heavy atom. The van der Waals surface area contributed by atoms with Crippen molar-refractivity contribution in [2.75, 3.05) is 5.32 Å². The minimum absolute atomic E-state index is 0.0398. The third-order valence-electron chi connectivity index (χ3n) is 4.33. The van der Waals surface area contributed by atoms with Crippen LogP contribution in [0.2, 0.25) is 5.02 Å². The highest BCUT2D eigenvalue weighted by molar-refractivity contribution is 6.30. The van der Waals surface area contributed by atoms with Crippen LogP contribution in [-0.4, -0.2) is 10.0 Å². The van der Waals surface area contributed by atoms with Gasteiger partial charge in [0.2, 0.25) is 0 Å². The van der Waals surface area contributed by atoms with Crippen molar-refractivity contribution in [2.45, 2.75) is 18.6 Å². The lowest BCUT2D eigenvalue weighted by atomic mass is 9.96. The minimum Gasteiger partial charge on any atom is -0.388 e. The maximum absolute atomic E-state index is 10.8. The van der Waals surface area contributed by atoms with Crippen LogP contribution in [0.3, 0.4) is 0 Å². The summed E-state index contributed by atoms with van der Waals surface area (Å²) in [4.78, 5) is 10.4. The van der Waals surface area contributed by atoms with Gasteiger partial charge in [0.25, 0.3) is 5.69 Å². The maximum Gasteiger partial charge on any atom is 0.269 e. The zero-order valence-electron chi connectivity index (χ0n) is 14.5. The Labute approximate surface area is 162 Å². The normalized spacial score (nSPS) is 13.0. The number of nitro benzene ring substituents is 1. The quantitative estimate of drug-likeness (QED) is 0.416. The summed E-state index contributed by atoms with van der Waals surface area (Å²) in [6, 6.07) is 23.0. The molecule has 138 valence electrons. The number of rotatable bonds is 7. The predicted octanol–water partition coefficient (Wildman–Crippen LogP) is 5.53. The number of non-ortho nitro benzene ring substituents is 1. The Bertz CT molecular complexity index is 884. The third-order valence-corrected chi connectivity index (χ3v) is 4.59. The van der Waals surface area contributed by atoms with E-state index >= 15 is 0 Å². The molecule has 3 aromatic rings. The number of anilines is 1. The van der Waals surface area contributed by atoms with Gasteiger partial charge in [-0.3, -0.25) is 10.1 Å². The van der Waals surface area contributed by atoms with E-state index in [0.717, 1.165) is 16.8 Å². The summed E-state index contributed by atoms with van der Waals surface area (Å²) in [6.07, 6.45) is -0.249. The fraction of sp³-hybridized carbons (Fsp3) is 0.143. The lowest BCUT2D eigenvalue weighted by Gasteiger charge is -2.23. The molecule has 27 heavy (non-hydrogen) atoms. The Morgan fingerprint density at radius 3 is 2.15 bits per heavy atom. The Hall–Kier alpha value is -2.89. The first kappa shape index (κ1) is 18.9. The molecule has 0 spiro atoms. The van der Waals surface area contributed by atoms with Crippen LogP contribution in [0.1, 0.15) is 29.7 Å². The van der Waals surface area contributed by atoms with E-state index in [1.54, 1.807) is 36.4 Å². The van der Waals surface area contributed by atoms with E-state index in [1.807, 2.05) is 30.3 Å². The lowest BCUT2D eigenvalue weighted by Crippen LogP contribution is -2.15. The number of hydrogen-bond acceptors (Lipinski definition) is 4. The summed E-state index contributed by atoms with van der Waals surface area (Å²) in [5, 5.41) is 25.5. The summed E-state index contributed by atoms with van der Waals surface area (Å²) in [5.74, 6) is 0. The van der Waals surface area contributed by atoms with Crippen molar-refractivity contribution >= 4 is 23.0 Å². The van der Waals surface area contributed by atoms with Gasteiger partial charge < -0.3 is 10.4 Å². The van der Waals surface area contributed by atoms with E-state index in [0.29, 0.717) is 11.4 Å². The van der Waals surface area contributed by atoms with Gasteiger partial charge in [-0.05, 0) is 35.4 Å². The zero-order valence-corrected chi connectivity index (χ0v) is 15.2. The summed E-state index contributed by atoms with van der Waals surface area (Å²) in [6.45, 7) is 0. The molecule has 6 heteroatoms. The number of aliphatic hydroxyl groups is 1. The molecule has 0 saturated carbocycles. The molecule has 0 fully saturated rings. The molecule has 5 nitrogen and oxygen atoms in total. The Morgan fingerprint density at radius 2 is 1.56 bits per heavy atom. The van der Waals surface area contributed by atoms with Gasteiger partial charge in [-0.2, -0.15) is 0 Å². The van der Waals surface area contributed by atoms with E-state index in [2.05, 4.69) is 5.32 Å². The van der Waals surface area contributed by atoms with Crippen LogP contribution >= 0.6 is 11.6 Å². The van der Waals surface area contributed by atoms with E-state index in [-0.39, 0.29) is 11.7 Å². The molecule has 0 aromatic heterocycles. The summed E-state index contributed by atoms with van der Waals surface area (Å²) < 4.78 is 0. The van der Waals surface area contributed by atoms with Gasteiger partial charge in [0.05, 0.1) is 17.1 Å². The maximum atomic E-state index is 10.8. The highest BCUT2D eigenvalue weighted by Crippen LogP contribution is 2.30. The molecular formula is C21H19ClN2O3. The monoisotopic (exact) mass is 382 g/mol. The highest BCUT2D eigenvalue weighted by atomic mass is 35.5. The molecule has 0 aliphatic rings. The van der Waals surface area contributed by atoms with Gasteiger partial charge in [0, 0.05) is 29.3 Å². The molecule has 3 aromatic carbocycles. The first-order chi connectivity index (χ1) is 13.0. The fourth-order valence-electron chi connectivity index (χ4n) is 2.89. The molecule has 0 aliphatic heterocycles. The van der Waals surface area contributed by atoms with Gasteiger partial charge in [-0.1, -0.05) is 54.1 Å². The summed E-state index contributed by atoms with van der Waals surface area (Å²) in [7, 11) is 0. The van der Waals surface area contributed by atoms with E-state index in [4.69, 9.17) is 11.6 Å². The average molecular weight is 383 g/mol. The van der Waals surface area contributed by atoms with Gasteiger partial charge in [-0.15, -0.1) is 0 Å². The van der Waals surface area contributed by atoms with Gasteiger partial charge in [0.15, 0.2) is 0 Å². The minimum atomic E-state index is -0.682. The second kappa shape index (κ2) is 8.66. The Kier molecular flexibility index (Phi) is 6.06. The van der Waals surface area contributed by atoms with Crippen LogP contribution in [0.4, 0.5) is 11.4 Å². The molecule has 0 radical (unpaired) electrons. The van der Waals surface area contributed by atoms with E-state index in [9.17, 15) is 15.2 Å². The van der Waals surface area contributed by atoms with Crippen molar-refractivity contribution < 1.29 is 10.0 Å². The largest absolute Gasteiger partial charge is 0.388 e. The zero-order chi connectivity index (χ0) is 19.2. The molecule has 0 saturated heterocycles. The first-order valence-electron chi connectivity index (χ1n) is 8.52. The van der Waals surface area contributed by atoms with Gasteiger partial charge in [0.1, 0.15) is 0 Å². The average Bonchev–Trinajstić information content (AvgIpc) is 2.69. The van der Waals surface area contributed by atoms with Crippen LogP contribution in [0.15, 0.2) is 78.9 Å². The fourth-order valence-corrected chi connectivity index (χ4v) is 3.01. The van der Waals surface area contributed by atoms with Crippen molar-refractivity contribution in [1.29, 1.82) is 0 Å². The number of nitrogens with zero attached hydrogens (tertiary/aromatic N) is 1. The molecule has 3 rings (SSSR count). The third kappa shape index (κ3) is 5.06. The van der Waals surface area contributed by atoms with Gasteiger partial charge in [-0.25, -0.2) is 0 Å². The number of aliphatic hydroxyl groups excluding tert-OH is 1. The Balaban J connectivity index is 1.80. The first-order valence-corrected chi connectivity index (χ1v) is 8.90. The van der Waals surface area contributed by atoms with Crippen molar-refractivity contribution in [3.63, 3.8) is 0 Å². The molecule has 0 bridgehead atoms. The molecule has 0 aliphatic carbocycles. The lowest BCUT2D eigenvalue weighted by molar-refractivity contribution is -0.384. The summed E-state index contributed by atoms with van der Waals surface area (Å²) in [5.41, 5.74) is 2.59. The smallest absolute Gasteiger partial charge is 0.269 e. The standard InChI is InChI=1S/C21H19ClN2O3/c22-17-8-6-16(7-9-17)21(25)14-20(15-4-2-1-3-5-15)23-18-10-12-19(13-11-18)24(26)27/h1-13,20-21,23,25H,14H2. The second-order valence-electron chi connectivity index (χ2n) is 6.21. The van der Waals surface area contributed by atoms with Gasteiger partial charge >= 0.3 is 0 Å². The van der Waals surface area contributed by atoms with Crippen LogP contribution in [0, 0.1) is 10.1 Å². The van der Waals surface area contributed by atoms with E-state index < -0.39 is 11.0 Å². The number of nitrogens with one attached hydrogen (secondary N) is 1. The van der Waals surface area contributed by atoms with Crippen molar-refractivity contribution in [1.82, 2.24) is 0 Å². The molecular weight excluding hydrogens is 364 g/mol. The van der Waals surface area contributed by atoms with Crippen LogP contribution < -0.4 is 5.32 Å². The van der Waals surface area contributed by atoms with Crippen LogP contribution in [0.5, 0.6) is 0 Å². The molecule has 0 heterocycles.